The zero-order chi connectivity index (χ0) is 24.3. The second-order valence-electron chi connectivity index (χ2n) is 10.4. The van der Waals surface area contributed by atoms with E-state index in [0.29, 0.717) is 30.2 Å². The highest BCUT2D eigenvalue weighted by Gasteiger charge is 2.37. The second-order valence-corrected chi connectivity index (χ2v) is 11.8. The Morgan fingerprint density at radius 2 is 1.82 bits per heavy atom. The summed E-state index contributed by atoms with van der Waals surface area (Å²) in [6.45, 7) is 7.39. The number of carbonyl (C=O) groups is 1. The van der Waals surface area contributed by atoms with Gasteiger partial charge >= 0.3 is 0 Å². The predicted molar refractivity (Wildman–Crippen MR) is 129 cm³/mol. The minimum atomic E-state index is -2.92. The van der Waals surface area contributed by atoms with Gasteiger partial charge in [0.05, 0.1) is 16.3 Å². The summed E-state index contributed by atoms with van der Waals surface area (Å²) in [6, 6.07) is 0. The number of hydrogen-bond donors (Lipinski definition) is 0. The van der Waals surface area contributed by atoms with Gasteiger partial charge in [-0.2, -0.15) is 0 Å². The molecule has 4 rings (SSSR count). The average Bonchev–Trinajstić information content (AvgIpc) is 3.38. The van der Waals surface area contributed by atoms with Gasteiger partial charge in [0.1, 0.15) is 11.5 Å². The van der Waals surface area contributed by atoms with E-state index in [4.69, 9.17) is 4.52 Å². The Morgan fingerprint density at radius 3 is 2.44 bits per heavy atom. The van der Waals surface area contributed by atoms with Crippen LogP contribution >= 0.6 is 11.3 Å². The number of Topliss-reactive ketones (excluding diaryl/α,β-unsaturated/α-hetero) is 1. The van der Waals surface area contributed by atoms with E-state index in [2.05, 4.69) is 15.0 Å². The molecular formula is C26H37F2N3O2S. The van der Waals surface area contributed by atoms with Gasteiger partial charge in [0, 0.05) is 36.8 Å². The Balaban J connectivity index is 1.15. The topological polar surface area (TPSA) is 59.2 Å². The lowest BCUT2D eigenvalue weighted by atomic mass is 9.78. The van der Waals surface area contributed by atoms with Crippen molar-refractivity contribution < 1.29 is 18.1 Å². The lowest BCUT2D eigenvalue weighted by Gasteiger charge is -2.34. The molecule has 1 aliphatic carbocycles. The fraction of sp³-hybridized carbons (Fsp3) is 0.731. The minimum Gasteiger partial charge on any atom is -0.361 e. The van der Waals surface area contributed by atoms with E-state index in [1.807, 2.05) is 13.1 Å². The van der Waals surface area contributed by atoms with Crippen molar-refractivity contribution in [3.8, 4) is 0 Å². The van der Waals surface area contributed by atoms with Gasteiger partial charge in [-0.05, 0) is 77.4 Å². The van der Waals surface area contributed by atoms with Crippen molar-refractivity contribution in [1.29, 1.82) is 0 Å². The molecule has 1 saturated heterocycles. The zero-order valence-corrected chi connectivity index (χ0v) is 21.4. The maximum atomic E-state index is 14.0. The van der Waals surface area contributed by atoms with Crippen LogP contribution in [-0.4, -0.2) is 40.5 Å². The van der Waals surface area contributed by atoms with Crippen LogP contribution in [-0.2, 0) is 17.1 Å². The van der Waals surface area contributed by atoms with Crippen molar-refractivity contribution in [3.63, 3.8) is 0 Å². The van der Waals surface area contributed by atoms with Crippen LogP contribution in [0.5, 0.6) is 0 Å². The minimum absolute atomic E-state index is 0.0108. The van der Waals surface area contributed by atoms with Crippen LogP contribution in [0.3, 0.4) is 0 Å². The molecule has 34 heavy (non-hydrogen) atoms. The summed E-state index contributed by atoms with van der Waals surface area (Å²) in [7, 11) is 0. The van der Waals surface area contributed by atoms with Gasteiger partial charge in [-0.1, -0.05) is 18.0 Å². The second kappa shape index (κ2) is 10.9. The third-order valence-corrected chi connectivity index (χ3v) is 8.59. The Labute approximate surface area is 205 Å². The molecule has 0 aromatic carbocycles. The Morgan fingerprint density at radius 1 is 1.15 bits per heavy atom. The molecule has 1 saturated carbocycles. The van der Waals surface area contributed by atoms with Crippen LogP contribution in [0.2, 0.25) is 0 Å². The molecule has 3 heterocycles. The summed E-state index contributed by atoms with van der Waals surface area (Å²) in [5.74, 6) is -1.01. The molecule has 0 spiro atoms. The van der Waals surface area contributed by atoms with Crippen molar-refractivity contribution >= 4 is 17.1 Å². The predicted octanol–water partition coefficient (Wildman–Crippen LogP) is 6.44. The van der Waals surface area contributed by atoms with E-state index in [1.54, 1.807) is 18.3 Å². The summed E-state index contributed by atoms with van der Waals surface area (Å²) in [5, 5.41) is 5.02. The quantitative estimate of drug-likeness (QED) is 0.402. The molecule has 0 atom stereocenters. The number of nitrogens with zero attached hydrogens (tertiary/aromatic N) is 3. The molecule has 2 aromatic heterocycles. The summed E-state index contributed by atoms with van der Waals surface area (Å²) in [4.78, 5) is 20.2. The first-order chi connectivity index (χ1) is 16.2. The number of hydrogen-bond acceptors (Lipinski definition) is 6. The van der Waals surface area contributed by atoms with Crippen LogP contribution in [0.15, 0.2) is 10.7 Å². The average molecular weight is 494 g/mol. The fourth-order valence-corrected chi connectivity index (χ4v) is 6.62. The zero-order valence-electron chi connectivity index (χ0n) is 20.6. The molecule has 2 aromatic rings. The molecule has 2 fully saturated rings. The Hall–Kier alpha value is -1.67. The molecule has 0 bridgehead atoms. The van der Waals surface area contributed by atoms with E-state index in [9.17, 15) is 13.6 Å². The van der Waals surface area contributed by atoms with Crippen molar-refractivity contribution in [2.75, 3.05) is 19.6 Å². The normalized spacial score (nSPS) is 22.9. The maximum Gasteiger partial charge on any atom is 0.275 e. The van der Waals surface area contributed by atoms with Gasteiger partial charge in [0.2, 0.25) is 0 Å². The largest absolute Gasteiger partial charge is 0.361 e. The van der Waals surface area contributed by atoms with Gasteiger partial charge in [-0.3, -0.25) is 4.79 Å². The summed E-state index contributed by atoms with van der Waals surface area (Å²) in [5.41, 5.74) is 0.450. The first-order valence-corrected chi connectivity index (χ1v) is 13.5. The smallest absolute Gasteiger partial charge is 0.275 e. The van der Waals surface area contributed by atoms with E-state index in [0.717, 1.165) is 68.0 Å². The Bertz CT molecular complexity index is 952. The number of rotatable bonds is 9. The van der Waals surface area contributed by atoms with Gasteiger partial charge in [0.25, 0.3) is 5.92 Å². The third-order valence-electron chi connectivity index (χ3n) is 7.68. The van der Waals surface area contributed by atoms with Crippen molar-refractivity contribution in [3.05, 3.63) is 33.1 Å². The lowest BCUT2D eigenvalue weighted by Crippen LogP contribution is -2.35. The number of likely N-dealkylation sites (tertiary alicyclic amines) is 1. The number of aryl methyl sites for hydroxylation is 2. The molecule has 5 nitrogen and oxygen atoms in total. The number of thiazole rings is 1. The van der Waals surface area contributed by atoms with Crippen molar-refractivity contribution in [2.45, 2.75) is 90.4 Å². The monoisotopic (exact) mass is 493 g/mol. The number of alkyl halides is 2. The number of halogens is 2. The molecule has 0 radical (unpaired) electrons. The molecular weight excluding hydrogens is 456 g/mol. The van der Waals surface area contributed by atoms with Crippen LogP contribution in [0, 0.1) is 25.7 Å². The molecule has 0 N–H and O–H groups in total. The first-order valence-electron chi connectivity index (χ1n) is 12.7. The van der Waals surface area contributed by atoms with Crippen LogP contribution in [0.1, 0.15) is 91.1 Å². The van der Waals surface area contributed by atoms with Gasteiger partial charge in [0.15, 0.2) is 0 Å². The maximum absolute atomic E-state index is 14.0. The highest BCUT2D eigenvalue weighted by Crippen LogP contribution is 2.39. The summed E-state index contributed by atoms with van der Waals surface area (Å²) in [6.07, 6.45) is 10.7. The van der Waals surface area contributed by atoms with Crippen LogP contribution < -0.4 is 0 Å². The SMILES string of the molecule is Cc1ncc(CC(=O)CC2CCC(CCN3CCC(c4noc(C)c4C(C)(F)F)CC3)CC2)s1. The highest BCUT2D eigenvalue weighted by molar-refractivity contribution is 7.11. The number of aromatic nitrogens is 2. The lowest BCUT2D eigenvalue weighted by molar-refractivity contribution is -0.119. The molecule has 1 aliphatic heterocycles. The Kier molecular flexibility index (Phi) is 8.18. The summed E-state index contributed by atoms with van der Waals surface area (Å²) < 4.78 is 33.2. The fourth-order valence-electron chi connectivity index (χ4n) is 5.80. The van der Waals surface area contributed by atoms with E-state index >= 15 is 0 Å². The third kappa shape index (κ3) is 6.51. The molecule has 8 heteroatoms. The van der Waals surface area contributed by atoms with E-state index in [-0.39, 0.29) is 17.2 Å². The van der Waals surface area contributed by atoms with Crippen molar-refractivity contribution in [1.82, 2.24) is 15.0 Å². The number of ketones is 1. The van der Waals surface area contributed by atoms with E-state index in [1.165, 1.54) is 19.3 Å². The summed E-state index contributed by atoms with van der Waals surface area (Å²) >= 11 is 1.62. The van der Waals surface area contributed by atoms with Crippen LogP contribution in [0.25, 0.3) is 0 Å². The standard InChI is InChI=1S/C26H37F2N3O2S/c1-17-24(26(3,27)28)25(30-33-17)21-9-12-31(13-10-21)11-8-19-4-6-20(7-5-19)14-22(32)15-23-16-29-18(2)34-23/h16,19-21H,4-15H2,1-3H3. The first kappa shape index (κ1) is 25.4. The van der Waals surface area contributed by atoms with Crippen molar-refractivity contribution in [2.24, 2.45) is 11.8 Å². The van der Waals surface area contributed by atoms with Gasteiger partial charge in [-0.15, -0.1) is 11.3 Å². The van der Waals surface area contributed by atoms with Gasteiger partial charge in [-0.25, -0.2) is 13.8 Å². The number of carbonyl (C=O) groups excluding carboxylic acids is 1. The van der Waals surface area contributed by atoms with E-state index < -0.39 is 5.92 Å². The molecule has 2 aliphatic rings. The van der Waals surface area contributed by atoms with Crippen LogP contribution in [0.4, 0.5) is 8.78 Å². The molecule has 0 unspecified atom stereocenters. The highest BCUT2D eigenvalue weighted by atomic mass is 32.1. The van der Waals surface area contributed by atoms with Gasteiger partial charge < -0.3 is 9.42 Å². The number of piperidine rings is 1. The molecule has 0 amide bonds. The molecule has 188 valence electrons.